The van der Waals surface area contributed by atoms with Gasteiger partial charge in [-0.1, -0.05) is 12.1 Å². The van der Waals surface area contributed by atoms with Crippen molar-refractivity contribution in [1.82, 2.24) is 5.32 Å². The van der Waals surface area contributed by atoms with Crippen molar-refractivity contribution in [2.45, 2.75) is 32.3 Å². The van der Waals surface area contributed by atoms with Crippen molar-refractivity contribution < 1.29 is 14.4 Å². The fourth-order valence-electron chi connectivity index (χ4n) is 2.03. The molecule has 1 aromatic carbocycles. The van der Waals surface area contributed by atoms with Crippen molar-refractivity contribution in [1.29, 1.82) is 0 Å². The summed E-state index contributed by atoms with van der Waals surface area (Å²) in [4.78, 5) is 17.4. The number of carbonyl (C=O) groups is 1. The van der Waals surface area contributed by atoms with Crippen molar-refractivity contribution in [3.05, 3.63) is 29.8 Å². The van der Waals surface area contributed by atoms with Crippen LogP contribution >= 0.6 is 0 Å². The zero-order valence-electron chi connectivity index (χ0n) is 12.1. The lowest BCUT2D eigenvalue weighted by molar-refractivity contribution is -0.141. The molecule has 20 heavy (non-hydrogen) atoms. The van der Waals surface area contributed by atoms with Crippen LogP contribution in [0.5, 0.6) is 5.75 Å². The second kappa shape index (κ2) is 5.94. The van der Waals surface area contributed by atoms with Crippen molar-refractivity contribution in [3.63, 3.8) is 0 Å². The predicted molar refractivity (Wildman–Crippen MR) is 76.9 cm³/mol. The van der Waals surface area contributed by atoms with E-state index in [-0.39, 0.29) is 5.91 Å². The Balaban J connectivity index is 2.04. The molecule has 0 aliphatic carbocycles. The van der Waals surface area contributed by atoms with Gasteiger partial charge >= 0.3 is 0 Å². The Labute approximate surface area is 118 Å². The molecule has 1 heterocycles. The number of carbonyl (C=O) groups excluding carboxylic acids is 1. The van der Waals surface area contributed by atoms with E-state index in [1.165, 1.54) is 0 Å². The fraction of sp³-hybridized carbons (Fsp3) is 0.467. The molecule has 1 aromatic rings. The maximum atomic E-state index is 12.1. The Morgan fingerprint density at radius 1 is 1.45 bits per heavy atom. The number of methoxy groups -OCH3 is 1. The molecule has 5 heteroatoms. The van der Waals surface area contributed by atoms with Gasteiger partial charge in [-0.2, -0.15) is 0 Å². The summed E-state index contributed by atoms with van der Waals surface area (Å²) < 4.78 is 5.12. The number of amides is 1. The van der Waals surface area contributed by atoms with Crippen molar-refractivity contribution >= 4 is 11.6 Å². The summed E-state index contributed by atoms with van der Waals surface area (Å²) in [6.07, 6.45) is 1.36. The zero-order valence-corrected chi connectivity index (χ0v) is 12.1. The molecule has 108 valence electrons. The molecule has 1 unspecified atom stereocenters. The highest BCUT2D eigenvalue weighted by atomic mass is 16.7. The summed E-state index contributed by atoms with van der Waals surface area (Å²) in [5.41, 5.74) is 0.810. The summed E-state index contributed by atoms with van der Waals surface area (Å²) >= 11 is 0. The van der Waals surface area contributed by atoms with Crippen LogP contribution in [0.1, 0.15) is 32.3 Å². The van der Waals surface area contributed by atoms with Gasteiger partial charge in [-0.05, 0) is 43.2 Å². The predicted octanol–water partition coefficient (Wildman–Crippen LogP) is 2.10. The quantitative estimate of drug-likeness (QED) is 0.896. The van der Waals surface area contributed by atoms with Crippen LogP contribution in [-0.2, 0) is 9.63 Å². The Bertz CT molecular complexity index is 510. The molecular weight excluding hydrogens is 256 g/mol. The topological polar surface area (TPSA) is 59.9 Å². The van der Waals surface area contributed by atoms with Crippen LogP contribution in [-0.4, -0.2) is 30.9 Å². The van der Waals surface area contributed by atoms with Crippen LogP contribution in [0.15, 0.2) is 29.4 Å². The number of nitrogens with one attached hydrogen (secondary N) is 1. The molecule has 0 saturated carbocycles. The SMILES string of the molecule is CCCNC(=O)C1(C)CC(c2ccc(OC)cc2)=NO1. The van der Waals surface area contributed by atoms with E-state index in [2.05, 4.69) is 10.5 Å². The van der Waals surface area contributed by atoms with Crippen LogP contribution < -0.4 is 10.1 Å². The van der Waals surface area contributed by atoms with E-state index in [4.69, 9.17) is 9.57 Å². The van der Waals surface area contributed by atoms with Gasteiger partial charge in [0, 0.05) is 13.0 Å². The van der Waals surface area contributed by atoms with Gasteiger partial charge in [-0.25, -0.2) is 0 Å². The molecule has 0 saturated heterocycles. The minimum absolute atomic E-state index is 0.119. The highest BCUT2D eigenvalue weighted by molar-refractivity contribution is 6.05. The van der Waals surface area contributed by atoms with Crippen molar-refractivity contribution in [2.24, 2.45) is 5.16 Å². The normalized spacial score (nSPS) is 21.1. The molecule has 0 spiro atoms. The van der Waals surface area contributed by atoms with Crippen molar-refractivity contribution in [2.75, 3.05) is 13.7 Å². The van der Waals surface area contributed by atoms with E-state index in [0.29, 0.717) is 13.0 Å². The average molecular weight is 276 g/mol. The van der Waals surface area contributed by atoms with Gasteiger partial charge in [0.1, 0.15) is 5.75 Å². The molecule has 0 bridgehead atoms. The largest absolute Gasteiger partial charge is 0.497 e. The monoisotopic (exact) mass is 276 g/mol. The summed E-state index contributed by atoms with van der Waals surface area (Å²) in [5, 5.41) is 6.91. The molecule has 1 N–H and O–H groups in total. The number of oxime groups is 1. The van der Waals surface area contributed by atoms with E-state index < -0.39 is 5.60 Å². The Hall–Kier alpha value is -2.04. The number of hydrogen-bond donors (Lipinski definition) is 1. The fourth-order valence-corrected chi connectivity index (χ4v) is 2.03. The van der Waals surface area contributed by atoms with Crippen LogP contribution in [0.25, 0.3) is 0 Å². The third-order valence-electron chi connectivity index (χ3n) is 3.30. The maximum absolute atomic E-state index is 12.1. The van der Waals surface area contributed by atoms with E-state index >= 15 is 0 Å². The first kappa shape index (κ1) is 14.4. The minimum atomic E-state index is -0.912. The highest BCUT2D eigenvalue weighted by Gasteiger charge is 2.41. The number of benzene rings is 1. The molecule has 0 fully saturated rings. The summed E-state index contributed by atoms with van der Waals surface area (Å²) in [5.74, 6) is 0.670. The highest BCUT2D eigenvalue weighted by Crippen LogP contribution is 2.27. The Morgan fingerprint density at radius 3 is 2.75 bits per heavy atom. The lowest BCUT2D eigenvalue weighted by Gasteiger charge is -2.20. The second-order valence-electron chi connectivity index (χ2n) is 5.02. The molecule has 1 amide bonds. The average Bonchev–Trinajstić information content (AvgIpc) is 2.88. The lowest BCUT2D eigenvalue weighted by atomic mass is 9.95. The molecule has 0 radical (unpaired) electrons. The number of rotatable bonds is 5. The summed E-state index contributed by atoms with van der Waals surface area (Å²) in [7, 11) is 1.63. The zero-order chi connectivity index (χ0) is 14.6. The van der Waals surface area contributed by atoms with Crippen LogP contribution in [0, 0.1) is 0 Å². The molecule has 1 aliphatic rings. The van der Waals surface area contributed by atoms with E-state index in [1.807, 2.05) is 31.2 Å². The summed E-state index contributed by atoms with van der Waals surface area (Å²) in [6, 6.07) is 7.56. The van der Waals surface area contributed by atoms with Crippen LogP contribution in [0.4, 0.5) is 0 Å². The number of ether oxygens (including phenoxy) is 1. The maximum Gasteiger partial charge on any atom is 0.267 e. The van der Waals surface area contributed by atoms with Gasteiger partial charge in [-0.3, -0.25) is 4.79 Å². The molecule has 5 nitrogen and oxygen atoms in total. The van der Waals surface area contributed by atoms with E-state index in [1.54, 1.807) is 14.0 Å². The molecule has 2 rings (SSSR count). The standard InChI is InChI=1S/C15H20N2O3/c1-4-9-16-14(18)15(2)10-13(17-20-15)11-5-7-12(19-3)8-6-11/h5-8H,4,9-10H2,1-3H3,(H,16,18). The smallest absolute Gasteiger partial charge is 0.267 e. The Morgan fingerprint density at radius 2 is 2.15 bits per heavy atom. The number of nitrogens with zero attached hydrogens (tertiary/aromatic N) is 1. The first-order valence-corrected chi connectivity index (χ1v) is 6.77. The molecule has 1 atom stereocenters. The van der Waals surface area contributed by atoms with Crippen molar-refractivity contribution in [3.8, 4) is 5.75 Å². The van der Waals surface area contributed by atoms with E-state index in [9.17, 15) is 4.79 Å². The van der Waals surface area contributed by atoms with Gasteiger partial charge < -0.3 is 14.9 Å². The Kier molecular flexibility index (Phi) is 4.27. The number of hydrogen-bond acceptors (Lipinski definition) is 4. The minimum Gasteiger partial charge on any atom is -0.497 e. The third-order valence-corrected chi connectivity index (χ3v) is 3.30. The third kappa shape index (κ3) is 2.92. The van der Waals surface area contributed by atoms with Gasteiger partial charge in [0.25, 0.3) is 5.91 Å². The van der Waals surface area contributed by atoms with Gasteiger partial charge in [0.05, 0.1) is 12.8 Å². The van der Waals surface area contributed by atoms with E-state index in [0.717, 1.165) is 23.4 Å². The van der Waals surface area contributed by atoms with Crippen LogP contribution in [0.2, 0.25) is 0 Å². The molecule has 0 aromatic heterocycles. The van der Waals surface area contributed by atoms with Gasteiger partial charge in [0.2, 0.25) is 5.60 Å². The van der Waals surface area contributed by atoms with Crippen LogP contribution in [0.3, 0.4) is 0 Å². The lowest BCUT2D eigenvalue weighted by Crippen LogP contribution is -2.44. The second-order valence-corrected chi connectivity index (χ2v) is 5.02. The summed E-state index contributed by atoms with van der Waals surface area (Å²) in [6.45, 7) is 4.42. The molecule has 1 aliphatic heterocycles. The first-order chi connectivity index (χ1) is 9.59. The molecular formula is C15H20N2O3. The van der Waals surface area contributed by atoms with Gasteiger partial charge in [0.15, 0.2) is 0 Å². The van der Waals surface area contributed by atoms with Gasteiger partial charge in [-0.15, -0.1) is 0 Å². The first-order valence-electron chi connectivity index (χ1n) is 6.77.